The Kier molecular flexibility index (Phi) is 5.12. The van der Waals surface area contributed by atoms with Crippen molar-refractivity contribution in [2.45, 2.75) is 12.5 Å². The lowest BCUT2D eigenvalue weighted by molar-refractivity contribution is 0.0734. The summed E-state index contributed by atoms with van der Waals surface area (Å²) < 4.78 is 11.0. The fraction of sp³-hybridized carbons (Fsp3) is 0.273. The van der Waals surface area contributed by atoms with Crippen molar-refractivity contribution < 1.29 is 19.1 Å². The zero-order chi connectivity index (χ0) is 19.5. The van der Waals surface area contributed by atoms with Crippen LogP contribution in [0.15, 0.2) is 65.3 Å². The van der Waals surface area contributed by atoms with Gasteiger partial charge in [-0.3, -0.25) is 9.78 Å². The van der Waals surface area contributed by atoms with Gasteiger partial charge in [-0.1, -0.05) is 12.1 Å². The number of furan rings is 1. The lowest BCUT2D eigenvalue weighted by Gasteiger charge is -2.14. The number of hydrogen-bond acceptors (Lipinski definition) is 5. The summed E-state index contributed by atoms with van der Waals surface area (Å²) in [5.74, 6) is 1.40. The summed E-state index contributed by atoms with van der Waals surface area (Å²) in [6.45, 7) is 0.807. The molecule has 0 aliphatic carbocycles. The summed E-state index contributed by atoms with van der Waals surface area (Å²) in [7, 11) is 1.61. The number of nitrogens with zero attached hydrogens (tertiary/aromatic N) is 2. The number of carbonyl (C=O) groups excluding carboxylic acids is 1. The van der Waals surface area contributed by atoms with E-state index in [2.05, 4.69) is 4.98 Å². The molecule has 0 unspecified atom stereocenters. The number of aliphatic hydroxyl groups excluding tert-OH is 1. The smallest absolute Gasteiger partial charge is 0.289 e. The predicted octanol–water partition coefficient (Wildman–Crippen LogP) is 3.03. The number of ether oxygens (including phenoxy) is 1. The zero-order valence-corrected chi connectivity index (χ0v) is 15.6. The molecular formula is C22H22N2O4. The average Bonchev–Trinajstić information content (AvgIpc) is 3.36. The van der Waals surface area contributed by atoms with E-state index in [0.717, 1.165) is 16.9 Å². The van der Waals surface area contributed by atoms with Crippen LogP contribution in [-0.2, 0) is 6.42 Å². The average molecular weight is 378 g/mol. The minimum absolute atomic E-state index is 0.000771. The number of hydrogen-bond donors (Lipinski definition) is 1. The van der Waals surface area contributed by atoms with E-state index in [1.165, 1.54) is 0 Å². The molecule has 4 rings (SSSR count). The van der Waals surface area contributed by atoms with E-state index >= 15 is 0 Å². The fourth-order valence-electron chi connectivity index (χ4n) is 3.58. The highest BCUT2D eigenvalue weighted by Crippen LogP contribution is 2.28. The normalized spacial score (nSPS) is 19.0. The molecule has 1 aliphatic rings. The molecule has 6 heteroatoms. The Morgan fingerprint density at radius 3 is 2.82 bits per heavy atom. The van der Waals surface area contributed by atoms with Crippen molar-refractivity contribution in [3.63, 3.8) is 0 Å². The molecule has 1 aromatic carbocycles. The summed E-state index contributed by atoms with van der Waals surface area (Å²) in [6.07, 6.45) is 3.64. The van der Waals surface area contributed by atoms with Crippen LogP contribution in [0.5, 0.6) is 5.75 Å². The molecule has 144 valence electrons. The molecule has 2 aromatic heterocycles. The van der Waals surface area contributed by atoms with Gasteiger partial charge in [-0.15, -0.1) is 0 Å². The third kappa shape index (κ3) is 3.77. The number of carbonyl (C=O) groups is 1. The van der Waals surface area contributed by atoms with Crippen LogP contribution in [0.25, 0.3) is 11.3 Å². The summed E-state index contributed by atoms with van der Waals surface area (Å²) in [4.78, 5) is 18.5. The van der Waals surface area contributed by atoms with Gasteiger partial charge in [0.2, 0.25) is 0 Å². The van der Waals surface area contributed by atoms with Crippen molar-refractivity contribution in [1.82, 2.24) is 9.88 Å². The zero-order valence-electron chi connectivity index (χ0n) is 15.6. The maximum absolute atomic E-state index is 12.8. The number of benzene rings is 1. The molecule has 0 radical (unpaired) electrons. The van der Waals surface area contributed by atoms with Crippen molar-refractivity contribution in [2.24, 2.45) is 5.92 Å². The maximum Gasteiger partial charge on any atom is 0.289 e. The molecule has 0 spiro atoms. The van der Waals surface area contributed by atoms with Crippen LogP contribution in [0, 0.1) is 5.92 Å². The molecule has 3 heterocycles. The lowest BCUT2D eigenvalue weighted by atomic mass is 9.97. The SMILES string of the molecule is COc1cccc(-c2ccc(C(=O)N3C[C@@H](Cc4ccncc4)[C@@H](O)C3)o2)c1. The Labute approximate surface area is 163 Å². The second-order valence-corrected chi connectivity index (χ2v) is 6.99. The third-order valence-electron chi connectivity index (χ3n) is 5.11. The van der Waals surface area contributed by atoms with Gasteiger partial charge in [0.1, 0.15) is 11.5 Å². The first-order valence-electron chi connectivity index (χ1n) is 9.24. The van der Waals surface area contributed by atoms with E-state index in [0.29, 0.717) is 25.3 Å². The van der Waals surface area contributed by atoms with E-state index in [1.807, 2.05) is 36.4 Å². The van der Waals surface area contributed by atoms with Crippen LogP contribution < -0.4 is 4.74 Å². The Morgan fingerprint density at radius 2 is 2.04 bits per heavy atom. The summed E-state index contributed by atoms with van der Waals surface area (Å²) in [5, 5.41) is 10.4. The highest BCUT2D eigenvalue weighted by Gasteiger charge is 2.35. The quantitative estimate of drug-likeness (QED) is 0.739. The highest BCUT2D eigenvalue weighted by molar-refractivity contribution is 5.92. The number of methoxy groups -OCH3 is 1. The molecule has 3 aromatic rings. The van der Waals surface area contributed by atoms with Crippen LogP contribution in [0.3, 0.4) is 0 Å². The van der Waals surface area contributed by atoms with Gasteiger partial charge in [-0.25, -0.2) is 0 Å². The minimum atomic E-state index is -0.551. The number of likely N-dealkylation sites (tertiary alicyclic amines) is 1. The van der Waals surface area contributed by atoms with E-state index in [-0.39, 0.29) is 17.6 Å². The topological polar surface area (TPSA) is 75.8 Å². The van der Waals surface area contributed by atoms with Gasteiger partial charge in [0.15, 0.2) is 5.76 Å². The Balaban J connectivity index is 1.45. The van der Waals surface area contributed by atoms with Crippen molar-refractivity contribution >= 4 is 5.91 Å². The van der Waals surface area contributed by atoms with Gasteiger partial charge in [0, 0.05) is 37.0 Å². The Morgan fingerprint density at radius 1 is 1.21 bits per heavy atom. The first kappa shape index (κ1) is 18.3. The molecule has 0 saturated carbocycles. The molecule has 6 nitrogen and oxygen atoms in total. The second-order valence-electron chi connectivity index (χ2n) is 6.99. The maximum atomic E-state index is 12.8. The molecule has 2 atom stereocenters. The van der Waals surface area contributed by atoms with E-state index < -0.39 is 6.10 Å². The van der Waals surface area contributed by atoms with Crippen LogP contribution in [0.2, 0.25) is 0 Å². The van der Waals surface area contributed by atoms with Gasteiger partial charge in [-0.2, -0.15) is 0 Å². The molecule has 1 amide bonds. The first-order valence-corrected chi connectivity index (χ1v) is 9.24. The lowest BCUT2D eigenvalue weighted by Crippen LogP contribution is -2.29. The van der Waals surface area contributed by atoms with E-state index in [9.17, 15) is 9.90 Å². The number of aromatic nitrogens is 1. The number of β-amino-alcohol motifs (C(OH)–C–C–N with tert-alkyl or cyclic N) is 1. The van der Waals surface area contributed by atoms with Gasteiger partial charge in [0.25, 0.3) is 5.91 Å². The molecule has 1 fully saturated rings. The van der Waals surface area contributed by atoms with Gasteiger partial charge in [-0.05, 0) is 48.4 Å². The molecule has 0 bridgehead atoms. The van der Waals surface area contributed by atoms with Crippen LogP contribution in [0.4, 0.5) is 0 Å². The van der Waals surface area contributed by atoms with Crippen molar-refractivity contribution in [1.29, 1.82) is 0 Å². The Bertz CT molecular complexity index is 954. The number of amides is 1. The molecule has 1 saturated heterocycles. The highest BCUT2D eigenvalue weighted by atomic mass is 16.5. The van der Waals surface area contributed by atoms with Gasteiger partial charge in [0.05, 0.1) is 13.2 Å². The van der Waals surface area contributed by atoms with Gasteiger partial charge >= 0.3 is 0 Å². The van der Waals surface area contributed by atoms with Crippen molar-refractivity contribution in [3.8, 4) is 17.1 Å². The second kappa shape index (κ2) is 7.86. The number of pyridine rings is 1. The number of aliphatic hydroxyl groups is 1. The Hall–Kier alpha value is -3.12. The molecule has 28 heavy (non-hydrogen) atoms. The molecule has 1 N–H and O–H groups in total. The van der Waals surface area contributed by atoms with Crippen LogP contribution in [-0.4, -0.2) is 47.2 Å². The third-order valence-corrected chi connectivity index (χ3v) is 5.11. The van der Waals surface area contributed by atoms with Crippen molar-refractivity contribution in [3.05, 3.63) is 72.2 Å². The molecule has 1 aliphatic heterocycles. The number of rotatable bonds is 5. The summed E-state index contributed by atoms with van der Waals surface area (Å²) in [6, 6.07) is 14.8. The first-order chi connectivity index (χ1) is 13.6. The standard InChI is InChI=1S/C22H22N2O4/c1-27-18-4-2-3-16(12-18)20-5-6-21(28-20)22(26)24-13-17(19(25)14-24)11-15-7-9-23-10-8-15/h2-10,12,17,19,25H,11,13-14H2,1H3/t17-,19+/m1/s1. The van der Waals surface area contributed by atoms with E-state index in [1.54, 1.807) is 36.5 Å². The molecular weight excluding hydrogens is 356 g/mol. The minimum Gasteiger partial charge on any atom is -0.497 e. The van der Waals surface area contributed by atoms with Crippen LogP contribution >= 0.6 is 0 Å². The van der Waals surface area contributed by atoms with Crippen LogP contribution in [0.1, 0.15) is 16.1 Å². The largest absolute Gasteiger partial charge is 0.497 e. The predicted molar refractivity (Wildman–Crippen MR) is 104 cm³/mol. The monoisotopic (exact) mass is 378 g/mol. The fourth-order valence-corrected chi connectivity index (χ4v) is 3.58. The van der Waals surface area contributed by atoms with Crippen molar-refractivity contribution in [2.75, 3.05) is 20.2 Å². The summed E-state index contributed by atoms with van der Waals surface area (Å²) in [5.41, 5.74) is 1.95. The van der Waals surface area contributed by atoms with Gasteiger partial charge < -0.3 is 19.2 Å². The summed E-state index contributed by atoms with van der Waals surface area (Å²) >= 11 is 0. The van der Waals surface area contributed by atoms with E-state index in [4.69, 9.17) is 9.15 Å².